The molecule has 96 valence electrons. The highest BCUT2D eigenvalue weighted by Gasteiger charge is 2.22. The van der Waals surface area contributed by atoms with Crippen LogP contribution in [0.15, 0.2) is 0 Å². The molecule has 1 aliphatic rings. The molecule has 0 amide bonds. The van der Waals surface area contributed by atoms with Crippen LogP contribution in [-0.2, 0) is 9.84 Å². The summed E-state index contributed by atoms with van der Waals surface area (Å²) >= 11 is 0. The summed E-state index contributed by atoms with van der Waals surface area (Å²) in [4.78, 5) is 0. The van der Waals surface area contributed by atoms with Crippen molar-refractivity contribution in [2.24, 2.45) is 5.92 Å². The van der Waals surface area contributed by atoms with Gasteiger partial charge in [0.25, 0.3) is 0 Å². The molecular formula is C12H25NO2S. The first-order chi connectivity index (χ1) is 7.40. The first kappa shape index (κ1) is 14.0. The number of sulfone groups is 1. The van der Waals surface area contributed by atoms with Gasteiger partial charge in [-0.2, -0.15) is 0 Å². The molecule has 0 aromatic carbocycles. The van der Waals surface area contributed by atoms with Gasteiger partial charge in [-0.25, -0.2) is 8.42 Å². The highest BCUT2D eigenvalue weighted by Crippen LogP contribution is 2.26. The van der Waals surface area contributed by atoms with E-state index in [9.17, 15) is 8.42 Å². The molecule has 3 atom stereocenters. The fraction of sp³-hybridized carbons (Fsp3) is 1.00. The van der Waals surface area contributed by atoms with E-state index >= 15 is 0 Å². The summed E-state index contributed by atoms with van der Waals surface area (Å²) in [5, 5.41) is 3.46. The third-order valence-corrected chi connectivity index (χ3v) is 4.54. The molecule has 0 aromatic rings. The lowest BCUT2D eigenvalue weighted by Gasteiger charge is -2.31. The Kier molecular flexibility index (Phi) is 5.25. The van der Waals surface area contributed by atoms with Crippen molar-refractivity contribution < 1.29 is 8.42 Å². The van der Waals surface area contributed by atoms with Crippen LogP contribution >= 0.6 is 0 Å². The van der Waals surface area contributed by atoms with Crippen molar-refractivity contribution in [3.63, 3.8) is 0 Å². The minimum absolute atomic E-state index is 0.0793. The zero-order valence-corrected chi connectivity index (χ0v) is 11.5. The molecule has 0 spiro atoms. The highest BCUT2D eigenvalue weighted by atomic mass is 32.2. The standard InChI is InChI=1S/C12H25NO2S/c1-4-11-6-5-7-12(8-11)13-10(2)9-16(3,14)15/h10-13H,4-9H2,1-3H3. The van der Waals surface area contributed by atoms with E-state index < -0.39 is 9.84 Å². The summed E-state index contributed by atoms with van der Waals surface area (Å²) < 4.78 is 22.3. The molecule has 1 aliphatic carbocycles. The Morgan fingerprint density at radius 2 is 2.06 bits per heavy atom. The predicted molar refractivity (Wildman–Crippen MR) is 68.3 cm³/mol. The van der Waals surface area contributed by atoms with Crippen molar-refractivity contribution in [1.29, 1.82) is 0 Å². The van der Waals surface area contributed by atoms with Gasteiger partial charge in [0.15, 0.2) is 0 Å². The maximum absolute atomic E-state index is 11.2. The van der Waals surface area contributed by atoms with Gasteiger partial charge in [-0.15, -0.1) is 0 Å². The van der Waals surface area contributed by atoms with Crippen LogP contribution in [0.2, 0.25) is 0 Å². The van der Waals surface area contributed by atoms with Crippen LogP contribution in [0.3, 0.4) is 0 Å². The van der Waals surface area contributed by atoms with Gasteiger partial charge in [-0.1, -0.05) is 26.2 Å². The zero-order chi connectivity index (χ0) is 12.2. The Labute approximate surface area is 99.9 Å². The molecule has 0 heterocycles. The smallest absolute Gasteiger partial charge is 0.148 e. The number of hydrogen-bond acceptors (Lipinski definition) is 3. The quantitative estimate of drug-likeness (QED) is 0.808. The van der Waals surface area contributed by atoms with E-state index in [2.05, 4.69) is 12.2 Å². The molecule has 1 fully saturated rings. The van der Waals surface area contributed by atoms with Crippen LogP contribution < -0.4 is 5.32 Å². The van der Waals surface area contributed by atoms with Crippen molar-refractivity contribution in [3.8, 4) is 0 Å². The first-order valence-corrected chi connectivity index (χ1v) is 8.40. The molecule has 1 N–H and O–H groups in total. The maximum atomic E-state index is 11.2. The topological polar surface area (TPSA) is 46.2 Å². The van der Waals surface area contributed by atoms with Crippen LogP contribution in [0, 0.1) is 5.92 Å². The fourth-order valence-electron chi connectivity index (χ4n) is 2.72. The molecule has 0 bridgehead atoms. The average molecular weight is 247 g/mol. The first-order valence-electron chi connectivity index (χ1n) is 6.34. The lowest BCUT2D eigenvalue weighted by Crippen LogP contribution is -2.42. The number of nitrogens with one attached hydrogen (secondary N) is 1. The van der Waals surface area contributed by atoms with Gasteiger partial charge >= 0.3 is 0 Å². The Hall–Kier alpha value is -0.0900. The molecule has 0 radical (unpaired) electrons. The molecule has 1 saturated carbocycles. The van der Waals surface area contributed by atoms with Crippen LogP contribution in [-0.4, -0.2) is 32.5 Å². The monoisotopic (exact) mass is 247 g/mol. The second-order valence-corrected chi connectivity index (χ2v) is 7.48. The van der Waals surface area contributed by atoms with Gasteiger partial charge in [-0.3, -0.25) is 0 Å². The van der Waals surface area contributed by atoms with Gasteiger partial charge in [-0.05, 0) is 25.7 Å². The van der Waals surface area contributed by atoms with Crippen molar-refractivity contribution >= 4 is 9.84 Å². The van der Waals surface area contributed by atoms with Gasteiger partial charge in [0.2, 0.25) is 0 Å². The summed E-state index contributed by atoms with van der Waals surface area (Å²) in [7, 11) is -2.86. The molecular weight excluding hydrogens is 222 g/mol. The van der Waals surface area contributed by atoms with Crippen molar-refractivity contribution in [2.75, 3.05) is 12.0 Å². The van der Waals surface area contributed by atoms with Crippen LogP contribution in [0.5, 0.6) is 0 Å². The summed E-state index contributed by atoms with van der Waals surface area (Å²) in [6.45, 7) is 4.21. The summed E-state index contributed by atoms with van der Waals surface area (Å²) in [5.41, 5.74) is 0. The molecule has 0 aromatic heterocycles. The summed E-state index contributed by atoms with van der Waals surface area (Å²) in [5.74, 6) is 1.08. The van der Waals surface area contributed by atoms with Gasteiger partial charge in [0, 0.05) is 18.3 Å². The number of hydrogen-bond donors (Lipinski definition) is 1. The third-order valence-electron chi connectivity index (χ3n) is 3.43. The zero-order valence-electron chi connectivity index (χ0n) is 10.7. The molecule has 3 unspecified atom stereocenters. The van der Waals surface area contributed by atoms with Gasteiger partial charge in [0.05, 0.1) is 5.75 Å². The van der Waals surface area contributed by atoms with E-state index in [1.165, 1.54) is 38.4 Å². The lowest BCUT2D eigenvalue weighted by molar-refractivity contribution is 0.269. The molecule has 0 saturated heterocycles. The largest absolute Gasteiger partial charge is 0.310 e. The van der Waals surface area contributed by atoms with Crippen molar-refractivity contribution in [3.05, 3.63) is 0 Å². The molecule has 3 nitrogen and oxygen atoms in total. The van der Waals surface area contributed by atoms with Crippen molar-refractivity contribution in [2.45, 2.75) is 58.0 Å². The average Bonchev–Trinajstić information content (AvgIpc) is 2.15. The fourth-order valence-corrected chi connectivity index (χ4v) is 3.72. The van der Waals surface area contributed by atoms with Crippen LogP contribution in [0.4, 0.5) is 0 Å². The number of rotatable bonds is 5. The second-order valence-electron chi connectivity index (χ2n) is 5.30. The summed E-state index contributed by atoms with van der Waals surface area (Å²) in [6.07, 6.45) is 7.59. The third kappa shape index (κ3) is 5.30. The highest BCUT2D eigenvalue weighted by molar-refractivity contribution is 7.90. The van der Waals surface area contributed by atoms with E-state index in [-0.39, 0.29) is 11.8 Å². The predicted octanol–water partition coefficient (Wildman–Crippen LogP) is 1.98. The lowest BCUT2D eigenvalue weighted by atomic mass is 9.84. The Balaban J connectivity index is 2.36. The van der Waals surface area contributed by atoms with E-state index in [1.54, 1.807) is 0 Å². The maximum Gasteiger partial charge on any atom is 0.148 e. The Morgan fingerprint density at radius 3 is 2.62 bits per heavy atom. The Morgan fingerprint density at radius 1 is 1.38 bits per heavy atom. The molecule has 4 heteroatoms. The van der Waals surface area contributed by atoms with Crippen LogP contribution in [0.1, 0.15) is 46.0 Å². The van der Waals surface area contributed by atoms with E-state index in [1.807, 2.05) is 6.92 Å². The second kappa shape index (κ2) is 6.01. The van der Waals surface area contributed by atoms with E-state index in [4.69, 9.17) is 0 Å². The van der Waals surface area contributed by atoms with Crippen LogP contribution in [0.25, 0.3) is 0 Å². The molecule has 1 rings (SSSR count). The van der Waals surface area contributed by atoms with Gasteiger partial charge in [0.1, 0.15) is 9.84 Å². The normalized spacial score (nSPS) is 28.9. The van der Waals surface area contributed by atoms with E-state index in [0.29, 0.717) is 6.04 Å². The molecule has 16 heavy (non-hydrogen) atoms. The van der Waals surface area contributed by atoms with Crippen molar-refractivity contribution in [1.82, 2.24) is 5.32 Å². The SMILES string of the molecule is CCC1CCCC(NC(C)CS(C)(=O)=O)C1. The minimum Gasteiger partial charge on any atom is -0.310 e. The minimum atomic E-state index is -2.86. The summed E-state index contributed by atoms with van der Waals surface area (Å²) in [6, 6.07) is 0.603. The van der Waals surface area contributed by atoms with Gasteiger partial charge < -0.3 is 5.32 Å². The molecule has 0 aliphatic heterocycles. The Bertz CT molecular complexity index is 300. The van der Waals surface area contributed by atoms with E-state index in [0.717, 1.165) is 5.92 Å².